The largest absolute Gasteiger partial charge is 0.396 e. The van der Waals surface area contributed by atoms with Gasteiger partial charge in [0.15, 0.2) is 0 Å². The second kappa shape index (κ2) is 9.55. The number of nitrogens with zero attached hydrogens (tertiary/aromatic N) is 3. The lowest BCUT2D eigenvalue weighted by atomic mass is 10.0. The van der Waals surface area contributed by atoms with Gasteiger partial charge < -0.3 is 25.8 Å². The van der Waals surface area contributed by atoms with Crippen molar-refractivity contribution in [3.8, 4) is 12.0 Å². The van der Waals surface area contributed by atoms with Crippen LogP contribution >= 0.6 is 11.6 Å². The van der Waals surface area contributed by atoms with Crippen molar-refractivity contribution in [1.29, 1.82) is 0 Å². The van der Waals surface area contributed by atoms with Crippen LogP contribution in [0, 0.1) is 12.0 Å². The molecule has 1 aromatic carbocycles. The molecule has 1 aromatic rings. The van der Waals surface area contributed by atoms with E-state index in [9.17, 15) is 4.79 Å². The summed E-state index contributed by atoms with van der Waals surface area (Å²) in [4.78, 5) is 22.2. The SMILES string of the molecule is NC1=NC#CCC(N2CCCOCC2c2cc(NC(=O)CCO)ccc2Cl)=N1. The number of carbonyl (C=O) groups is 1. The van der Waals surface area contributed by atoms with Crippen LogP contribution in [0.15, 0.2) is 28.2 Å². The van der Waals surface area contributed by atoms with E-state index < -0.39 is 0 Å². The molecule has 1 amide bonds. The molecule has 4 N–H and O–H groups in total. The van der Waals surface area contributed by atoms with Crippen molar-refractivity contribution in [2.45, 2.75) is 25.3 Å². The van der Waals surface area contributed by atoms with Gasteiger partial charge in [0, 0.05) is 29.9 Å². The zero-order valence-electron chi connectivity index (χ0n) is 15.3. The number of hydrogen-bond donors (Lipinski definition) is 3. The van der Waals surface area contributed by atoms with Gasteiger partial charge in [-0.05, 0) is 30.2 Å². The summed E-state index contributed by atoms with van der Waals surface area (Å²) >= 11 is 6.49. The van der Waals surface area contributed by atoms with Gasteiger partial charge in [0.25, 0.3) is 0 Å². The maximum absolute atomic E-state index is 11.8. The zero-order chi connectivity index (χ0) is 19.9. The molecule has 2 aliphatic rings. The Morgan fingerprint density at radius 2 is 2.36 bits per heavy atom. The monoisotopic (exact) mass is 403 g/mol. The molecule has 1 unspecified atom stereocenters. The Morgan fingerprint density at radius 1 is 1.50 bits per heavy atom. The topological polar surface area (TPSA) is 113 Å². The van der Waals surface area contributed by atoms with Crippen LogP contribution in [0.2, 0.25) is 5.02 Å². The molecule has 1 saturated heterocycles. The van der Waals surface area contributed by atoms with Gasteiger partial charge in [-0.2, -0.15) is 9.98 Å². The Morgan fingerprint density at radius 3 is 3.18 bits per heavy atom. The third-order valence-corrected chi connectivity index (χ3v) is 4.73. The molecule has 0 aromatic heterocycles. The lowest BCUT2D eigenvalue weighted by molar-refractivity contribution is -0.116. The van der Waals surface area contributed by atoms with E-state index >= 15 is 0 Å². The van der Waals surface area contributed by atoms with Gasteiger partial charge in [0.05, 0.1) is 32.1 Å². The Hall–Kier alpha value is -2.60. The number of amidine groups is 1. The van der Waals surface area contributed by atoms with Crippen molar-refractivity contribution in [2.75, 3.05) is 31.7 Å². The molecule has 148 valence electrons. The number of hydrogen-bond acceptors (Lipinski definition) is 7. The summed E-state index contributed by atoms with van der Waals surface area (Å²) in [5, 5.41) is 12.2. The van der Waals surface area contributed by atoms with Crippen molar-refractivity contribution in [1.82, 2.24) is 4.90 Å². The standard InChI is InChI=1S/C19H22ClN5O3/c20-15-5-4-13(23-18(27)6-9-26)11-14(15)16-12-28-10-2-8-25(16)17-3-1-7-22-19(21)24-17/h4-5,11,16,26H,2-3,6,8-10,12H2,(H2,21,22)(H,23,27). The number of nitrogens with one attached hydrogen (secondary N) is 1. The van der Waals surface area contributed by atoms with Crippen LogP contribution in [0.25, 0.3) is 0 Å². The highest BCUT2D eigenvalue weighted by Gasteiger charge is 2.28. The maximum Gasteiger partial charge on any atom is 0.230 e. The molecule has 8 nitrogen and oxygen atoms in total. The van der Waals surface area contributed by atoms with Gasteiger partial charge in [-0.1, -0.05) is 17.5 Å². The summed E-state index contributed by atoms with van der Waals surface area (Å²) in [5.74, 6) is 3.51. The van der Waals surface area contributed by atoms with Gasteiger partial charge in [-0.3, -0.25) is 4.79 Å². The molecule has 2 aliphatic heterocycles. The van der Waals surface area contributed by atoms with Crippen LogP contribution in [0.5, 0.6) is 0 Å². The number of amides is 1. The summed E-state index contributed by atoms with van der Waals surface area (Å²) in [5.41, 5.74) is 7.21. The molecule has 1 atom stereocenters. The minimum absolute atomic E-state index is 0.0325. The average molecular weight is 404 g/mol. The molecule has 0 radical (unpaired) electrons. The number of aliphatic hydroxyl groups excluding tert-OH is 1. The Balaban J connectivity index is 1.93. The number of carbonyl (C=O) groups excluding carboxylic acids is 1. The number of nitrogens with two attached hydrogens (primary N) is 1. The van der Waals surface area contributed by atoms with E-state index in [4.69, 9.17) is 27.2 Å². The molecular weight excluding hydrogens is 382 g/mol. The predicted molar refractivity (Wildman–Crippen MR) is 108 cm³/mol. The van der Waals surface area contributed by atoms with Gasteiger partial charge in [0.2, 0.25) is 11.9 Å². The lowest BCUT2D eigenvalue weighted by Gasteiger charge is -2.32. The van der Waals surface area contributed by atoms with Gasteiger partial charge in [-0.15, -0.1) is 0 Å². The van der Waals surface area contributed by atoms with Gasteiger partial charge in [-0.25, -0.2) is 0 Å². The number of halogens is 1. The Kier molecular flexibility index (Phi) is 6.87. The van der Waals surface area contributed by atoms with Crippen LogP contribution < -0.4 is 11.1 Å². The first kappa shape index (κ1) is 20.1. The van der Waals surface area contributed by atoms with E-state index in [1.165, 1.54) is 0 Å². The summed E-state index contributed by atoms with van der Waals surface area (Å²) in [6.45, 7) is 1.54. The first-order chi connectivity index (χ1) is 13.6. The van der Waals surface area contributed by atoms with Crippen LogP contribution in [-0.2, 0) is 9.53 Å². The highest BCUT2D eigenvalue weighted by molar-refractivity contribution is 6.31. The molecule has 1 fully saturated rings. The number of rotatable bonds is 4. The average Bonchev–Trinajstić information content (AvgIpc) is 3.03. The van der Waals surface area contributed by atoms with Crippen LogP contribution in [0.3, 0.4) is 0 Å². The maximum atomic E-state index is 11.8. The summed E-state index contributed by atoms with van der Waals surface area (Å²) < 4.78 is 5.78. The van der Waals surface area contributed by atoms with Crippen molar-refractivity contribution in [3.05, 3.63) is 28.8 Å². The van der Waals surface area contributed by atoms with Crippen molar-refractivity contribution < 1.29 is 14.6 Å². The highest BCUT2D eigenvalue weighted by atomic mass is 35.5. The molecule has 0 aliphatic carbocycles. The smallest absolute Gasteiger partial charge is 0.230 e. The van der Waals surface area contributed by atoms with E-state index in [-0.39, 0.29) is 30.9 Å². The summed E-state index contributed by atoms with van der Waals surface area (Å²) in [6.07, 6.45) is 1.28. The zero-order valence-corrected chi connectivity index (χ0v) is 16.1. The van der Waals surface area contributed by atoms with E-state index in [1.807, 2.05) is 6.07 Å². The molecule has 0 spiro atoms. The van der Waals surface area contributed by atoms with Crippen LogP contribution in [0.1, 0.15) is 30.9 Å². The highest BCUT2D eigenvalue weighted by Crippen LogP contribution is 2.32. The van der Waals surface area contributed by atoms with Gasteiger partial charge >= 0.3 is 0 Å². The minimum Gasteiger partial charge on any atom is -0.396 e. The normalized spacial score (nSPS) is 19.5. The number of aliphatic hydroxyl groups is 1. The number of guanidine groups is 1. The molecule has 0 bridgehead atoms. The third kappa shape index (κ3) is 5.01. The molecule has 3 rings (SSSR count). The number of ether oxygens (including phenoxy) is 1. The summed E-state index contributed by atoms with van der Waals surface area (Å²) in [7, 11) is 0. The predicted octanol–water partition coefficient (Wildman–Crippen LogP) is 1.50. The first-order valence-electron chi connectivity index (χ1n) is 9.01. The van der Waals surface area contributed by atoms with Crippen LogP contribution in [0.4, 0.5) is 5.69 Å². The van der Waals surface area contributed by atoms with E-state index in [0.29, 0.717) is 42.7 Å². The number of aliphatic imine (C=N–C) groups is 2. The Labute approximate surface area is 168 Å². The lowest BCUT2D eigenvalue weighted by Crippen LogP contribution is -2.37. The van der Waals surface area contributed by atoms with E-state index in [1.54, 1.807) is 12.1 Å². The van der Waals surface area contributed by atoms with Crippen molar-refractivity contribution in [3.63, 3.8) is 0 Å². The van der Waals surface area contributed by atoms with E-state index in [0.717, 1.165) is 12.0 Å². The number of anilines is 1. The fourth-order valence-corrected chi connectivity index (χ4v) is 3.37. The third-order valence-electron chi connectivity index (χ3n) is 4.39. The molecule has 0 saturated carbocycles. The molecule has 28 heavy (non-hydrogen) atoms. The first-order valence-corrected chi connectivity index (χ1v) is 9.39. The van der Waals surface area contributed by atoms with Crippen LogP contribution in [-0.4, -0.2) is 54.1 Å². The summed E-state index contributed by atoms with van der Waals surface area (Å²) in [6, 6.07) is 7.71. The molecular formula is C19H22ClN5O3. The van der Waals surface area contributed by atoms with Crippen molar-refractivity contribution >= 4 is 35.0 Å². The Bertz CT molecular complexity index is 859. The molecule has 2 heterocycles. The van der Waals surface area contributed by atoms with Gasteiger partial charge in [0.1, 0.15) is 5.84 Å². The quantitative estimate of drug-likeness (QED) is 0.659. The second-order valence-electron chi connectivity index (χ2n) is 6.36. The second-order valence-corrected chi connectivity index (χ2v) is 6.77. The van der Waals surface area contributed by atoms with Crippen molar-refractivity contribution in [2.24, 2.45) is 15.7 Å². The minimum atomic E-state index is -0.267. The fourth-order valence-electron chi connectivity index (χ4n) is 3.12. The molecule has 9 heteroatoms. The van der Waals surface area contributed by atoms with E-state index in [2.05, 4.69) is 32.2 Å². The fraction of sp³-hybridized carbons (Fsp3) is 0.421. The number of benzene rings is 1.